The zero-order chi connectivity index (χ0) is 8.65. The van der Waals surface area contributed by atoms with Gasteiger partial charge in [0.15, 0.2) is 0 Å². The van der Waals surface area contributed by atoms with Gasteiger partial charge >= 0.3 is 0 Å². The highest BCUT2D eigenvalue weighted by Crippen LogP contribution is 2.22. The summed E-state index contributed by atoms with van der Waals surface area (Å²) in [5, 5.41) is 3.41. The lowest BCUT2D eigenvalue weighted by Gasteiger charge is -2.38. The summed E-state index contributed by atoms with van der Waals surface area (Å²) in [5.74, 6) is 0.573. The Morgan fingerprint density at radius 2 is 2.00 bits per heavy atom. The van der Waals surface area contributed by atoms with E-state index in [0.29, 0.717) is 18.2 Å². The van der Waals surface area contributed by atoms with E-state index in [9.17, 15) is 4.79 Å². The van der Waals surface area contributed by atoms with E-state index in [2.05, 4.69) is 26.1 Å². The predicted octanol–water partition coefficient (Wildman–Crippen LogP) is 1.35. The van der Waals surface area contributed by atoms with Crippen molar-refractivity contribution < 1.29 is 4.79 Å². The number of rotatable bonds is 0. The van der Waals surface area contributed by atoms with Crippen molar-refractivity contribution in [2.24, 2.45) is 5.92 Å². The zero-order valence-corrected chi connectivity index (χ0v) is 7.77. The molecule has 0 aromatic heterocycles. The molecule has 1 saturated heterocycles. The van der Waals surface area contributed by atoms with Crippen LogP contribution in [0.3, 0.4) is 0 Å². The molecule has 0 aliphatic carbocycles. The highest BCUT2D eigenvalue weighted by Gasteiger charge is 2.34. The molecule has 2 unspecified atom stereocenters. The smallest absolute Gasteiger partial charge is 0.139 e. The van der Waals surface area contributed by atoms with Crippen LogP contribution in [0.15, 0.2) is 0 Å². The van der Waals surface area contributed by atoms with Crippen LogP contribution in [0.25, 0.3) is 0 Å². The molecule has 0 radical (unpaired) electrons. The number of carbonyl (C=O) groups is 1. The first-order valence-corrected chi connectivity index (χ1v) is 4.23. The molecule has 64 valence electrons. The summed E-state index contributed by atoms with van der Waals surface area (Å²) in [6.07, 6.45) is 0.665. The molecule has 1 rings (SSSR count). The van der Waals surface area contributed by atoms with Crippen molar-refractivity contribution in [3.63, 3.8) is 0 Å². The van der Waals surface area contributed by atoms with E-state index < -0.39 is 0 Å². The van der Waals surface area contributed by atoms with Crippen LogP contribution in [-0.4, -0.2) is 17.4 Å². The molecule has 0 aromatic carbocycles. The summed E-state index contributed by atoms with van der Waals surface area (Å²) < 4.78 is 0. The lowest BCUT2D eigenvalue weighted by molar-refractivity contribution is -0.126. The molecule has 2 atom stereocenters. The Morgan fingerprint density at radius 3 is 2.45 bits per heavy atom. The fourth-order valence-electron chi connectivity index (χ4n) is 1.67. The number of Topliss-reactive ketones (excluding diaryl/α,β-unsaturated/α-hetero) is 1. The standard InChI is InChI=1S/C9H17NO/c1-6-7(2)10-9(3,4)5-8(6)11/h6-7,10H,5H2,1-4H3. The maximum Gasteiger partial charge on any atom is 0.139 e. The summed E-state index contributed by atoms with van der Waals surface area (Å²) in [5.41, 5.74) is 0.00299. The van der Waals surface area contributed by atoms with E-state index >= 15 is 0 Å². The van der Waals surface area contributed by atoms with Gasteiger partial charge in [-0.25, -0.2) is 0 Å². The summed E-state index contributed by atoms with van der Waals surface area (Å²) in [6.45, 7) is 8.22. The van der Waals surface area contributed by atoms with Crippen molar-refractivity contribution in [3.8, 4) is 0 Å². The Bertz CT molecular complexity index is 174. The number of hydrogen-bond acceptors (Lipinski definition) is 2. The third kappa shape index (κ3) is 1.80. The number of nitrogens with one attached hydrogen (secondary N) is 1. The SMILES string of the molecule is CC1NC(C)(C)CC(=O)C1C. The van der Waals surface area contributed by atoms with Gasteiger partial charge in [-0.2, -0.15) is 0 Å². The molecule has 1 aliphatic heterocycles. The third-order valence-corrected chi connectivity index (χ3v) is 2.49. The molecule has 0 aromatic rings. The van der Waals surface area contributed by atoms with Gasteiger partial charge in [0.05, 0.1) is 0 Å². The Balaban J connectivity index is 2.70. The largest absolute Gasteiger partial charge is 0.308 e. The normalized spacial score (nSPS) is 37.3. The molecule has 11 heavy (non-hydrogen) atoms. The number of piperidine rings is 1. The first kappa shape index (κ1) is 8.72. The first-order valence-electron chi connectivity index (χ1n) is 4.23. The molecule has 0 amide bonds. The van der Waals surface area contributed by atoms with Gasteiger partial charge in [-0.3, -0.25) is 4.79 Å². The molecule has 0 bridgehead atoms. The van der Waals surface area contributed by atoms with E-state index in [-0.39, 0.29) is 11.5 Å². The minimum absolute atomic E-state index is 0.00299. The van der Waals surface area contributed by atoms with Gasteiger partial charge < -0.3 is 5.32 Å². The van der Waals surface area contributed by atoms with Crippen LogP contribution >= 0.6 is 0 Å². The zero-order valence-electron chi connectivity index (χ0n) is 7.77. The molecule has 0 spiro atoms. The fraction of sp³-hybridized carbons (Fsp3) is 0.889. The minimum atomic E-state index is 0.00299. The molecule has 1 aliphatic rings. The van der Waals surface area contributed by atoms with Gasteiger partial charge in [-0.05, 0) is 20.8 Å². The highest BCUT2D eigenvalue weighted by molar-refractivity contribution is 5.83. The third-order valence-electron chi connectivity index (χ3n) is 2.49. The van der Waals surface area contributed by atoms with Crippen molar-refractivity contribution >= 4 is 5.78 Å². The van der Waals surface area contributed by atoms with Crippen molar-refractivity contribution in [2.45, 2.75) is 45.7 Å². The Morgan fingerprint density at radius 1 is 1.45 bits per heavy atom. The average Bonchev–Trinajstić information content (AvgIpc) is 1.81. The van der Waals surface area contributed by atoms with Crippen LogP contribution in [0.4, 0.5) is 0 Å². The average molecular weight is 155 g/mol. The van der Waals surface area contributed by atoms with Gasteiger partial charge in [-0.1, -0.05) is 6.92 Å². The molecule has 0 saturated carbocycles. The van der Waals surface area contributed by atoms with Crippen LogP contribution in [0.2, 0.25) is 0 Å². The van der Waals surface area contributed by atoms with Gasteiger partial charge in [0.1, 0.15) is 5.78 Å². The van der Waals surface area contributed by atoms with E-state index in [1.807, 2.05) is 6.92 Å². The summed E-state index contributed by atoms with van der Waals surface area (Å²) >= 11 is 0. The second-order valence-corrected chi connectivity index (χ2v) is 4.25. The monoisotopic (exact) mass is 155 g/mol. The van der Waals surface area contributed by atoms with Crippen molar-refractivity contribution in [1.29, 1.82) is 0 Å². The van der Waals surface area contributed by atoms with Gasteiger partial charge in [-0.15, -0.1) is 0 Å². The maximum absolute atomic E-state index is 11.4. The van der Waals surface area contributed by atoms with Crippen LogP contribution in [0, 0.1) is 5.92 Å². The quantitative estimate of drug-likeness (QED) is 0.572. The first-order chi connectivity index (χ1) is 4.92. The van der Waals surface area contributed by atoms with E-state index in [1.165, 1.54) is 0 Å². The molecule has 2 heteroatoms. The van der Waals surface area contributed by atoms with Crippen LogP contribution < -0.4 is 5.32 Å². The van der Waals surface area contributed by atoms with Gasteiger partial charge in [0, 0.05) is 23.9 Å². The van der Waals surface area contributed by atoms with Crippen LogP contribution in [0.1, 0.15) is 34.1 Å². The Labute approximate surface area is 68.4 Å². The van der Waals surface area contributed by atoms with Crippen LogP contribution in [-0.2, 0) is 4.79 Å². The number of hydrogen-bond donors (Lipinski definition) is 1. The van der Waals surface area contributed by atoms with E-state index in [0.717, 1.165) is 0 Å². The predicted molar refractivity (Wildman–Crippen MR) is 45.5 cm³/mol. The Kier molecular flexibility index (Phi) is 2.06. The molecule has 1 fully saturated rings. The van der Waals surface area contributed by atoms with Crippen LogP contribution in [0.5, 0.6) is 0 Å². The Hall–Kier alpha value is -0.370. The molecule has 2 nitrogen and oxygen atoms in total. The lowest BCUT2D eigenvalue weighted by Crippen LogP contribution is -2.55. The van der Waals surface area contributed by atoms with E-state index in [4.69, 9.17) is 0 Å². The topological polar surface area (TPSA) is 29.1 Å². The second-order valence-electron chi connectivity index (χ2n) is 4.25. The maximum atomic E-state index is 11.4. The van der Waals surface area contributed by atoms with Crippen molar-refractivity contribution in [2.75, 3.05) is 0 Å². The molecular formula is C9H17NO. The number of ketones is 1. The fourth-order valence-corrected chi connectivity index (χ4v) is 1.67. The van der Waals surface area contributed by atoms with Crippen molar-refractivity contribution in [1.82, 2.24) is 5.32 Å². The van der Waals surface area contributed by atoms with Gasteiger partial charge in [0.25, 0.3) is 0 Å². The summed E-state index contributed by atoms with van der Waals surface area (Å²) in [7, 11) is 0. The molecule has 1 heterocycles. The van der Waals surface area contributed by atoms with Crippen molar-refractivity contribution in [3.05, 3.63) is 0 Å². The number of carbonyl (C=O) groups excluding carboxylic acids is 1. The highest BCUT2D eigenvalue weighted by atomic mass is 16.1. The van der Waals surface area contributed by atoms with E-state index in [1.54, 1.807) is 0 Å². The summed E-state index contributed by atoms with van der Waals surface area (Å²) in [4.78, 5) is 11.4. The molecule has 1 N–H and O–H groups in total. The lowest BCUT2D eigenvalue weighted by atomic mass is 9.82. The second kappa shape index (κ2) is 2.59. The minimum Gasteiger partial charge on any atom is -0.308 e. The van der Waals surface area contributed by atoms with Gasteiger partial charge in [0.2, 0.25) is 0 Å². The molecular weight excluding hydrogens is 138 g/mol. The summed E-state index contributed by atoms with van der Waals surface area (Å²) in [6, 6.07) is 0.325.